The summed E-state index contributed by atoms with van der Waals surface area (Å²) in [7, 11) is -5.64. The first-order valence-corrected chi connectivity index (χ1v) is 18.7. The molecule has 1 N–H and O–H groups in total. The van der Waals surface area contributed by atoms with E-state index in [0.29, 0.717) is 23.6 Å². The maximum Gasteiger partial charge on any atom is 0.263 e. The van der Waals surface area contributed by atoms with Gasteiger partial charge in [0.1, 0.15) is 29.5 Å². The Hall–Kier alpha value is -3.72. The zero-order chi connectivity index (χ0) is 31.1. The van der Waals surface area contributed by atoms with Crippen LogP contribution in [0.3, 0.4) is 0 Å². The number of rotatable bonds is 10. The lowest BCUT2D eigenvalue weighted by Gasteiger charge is -2.16. The number of ether oxygens (including phenoxy) is 1. The number of benzene rings is 1. The first-order chi connectivity index (χ1) is 20.3. The predicted octanol–water partition coefficient (Wildman–Crippen LogP) is 6.75. The fourth-order valence-corrected chi connectivity index (χ4v) is 6.66. The van der Waals surface area contributed by atoms with Crippen LogP contribution in [0.4, 0.5) is 18.9 Å². The summed E-state index contributed by atoms with van der Waals surface area (Å²) in [5.74, 6) is -2.97. The zero-order valence-corrected chi connectivity index (χ0v) is 26.3. The van der Waals surface area contributed by atoms with Gasteiger partial charge in [0.15, 0.2) is 11.6 Å². The highest BCUT2D eigenvalue weighted by molar-refractivity contribution is 7.92. The monoisotopic (exact) mass is 648 g/mol. The minimum absolute atomic E-state index is 0.0540. The second-order valence-corrected chi connectivity index (χ2v) is 18.8. The number of imidazole rings is 2. The largest absolute Gasteiger partial charge is 0.361 e. The van der Waals surface area contributed by atoms with Crippen molar-refractivity contribution in [3.05, 3.63) is 83.5 Å². The molecule has 15 heteroatoms. The fourth-order valence-electron chi connectivity index (χ4n) is 4.40. The van der Waals surface area contributed by atoms with E-state index in [1.165, 1.54) is 31.6 Å². The molecule has 5 rings (SSSR count). The molecule has 0 saturated carbocycles. The summed E-state index contributed by atoms with van der Waals surface area (Å²) in [6.45, 7) is 9.02. The Morgan fingerprint density at radius 1 is 1.07 bits per heavy atom. The molecule has 5 aromatic rings. The van der Waals surface area contributed by atoms with Gasteiger partial charge in [-0.1, -0.05) is 31.2 Å². The topological polar surface area (TPSA) is 103 Å². The Kier molecular flexibility index (Phi) is 8.40. The molecule has 0 aliphatic rings. The summed E-state index contributed by atoms with van der Waals surface area (Å²) in [6, 6.07) is 6.58. The van der Waals surface area contributed by atoms with Crippen molar-refractivity contribution in [1.29, 1.82) is 0 Å². The molecule has 0 saturated heterocycles. The van der Waals surface area contributed by atoms with Crippen LogP contribution in [0.1, 0.15) is 5.69 Å². The average Bonchev–Trinajstić information content (AvgIpc) is 3.57. The highest BCUT2D eigenvalue weighted by Gasteiger charge is 2.26. The van der Waals surface area contributed by atoms with E-state index in [0.717, 1.165) is 28.6 Å². The van der Waals surface area contributed by atoms with E-state index in [2.05, 4.69) is 39.3 Å². The summed E-state index contributed by atoms with van der Waals surface area (Å²) in [4.78, 5) is 12.3. The number of hydrogen-bond donors (Lipinski definition) is 1. The zero-order valence-electron chi connectivity index (χ0n) is 23.7. The molecule has 226 valence electrons. The van der Waals surface area contributed by atoms with Crippen molar-refractivity contribution in [2.45, 2.75) is 44.2 Å². The molecule has 1 aromatic carbocycles. The van der Waals surface area contributed by atoms with Gasteiger partial charge >= 0.3 is 0 Å². The van der Waals surface area contributed by atoms with E-state index in [9.17, 15) is 8.42 Å². The Bertz CT molecular complexity index is 1940. The van der Waals surface area contributed by atoms with Gasteiger partial charge in [-0.2, -0.15) is 4.39 Å². The number of aryl methyl sites for hydroxylation is 1. The highest BCUT2D eigenvalue weighted by atomic mass is 35.5. The van der Waals surface area contributed by atoms with Gasteiger partial charge in [0.25, 0.3) is 10.0 Å². The van der Waals surface area contributed by atoms with Crippen molar-refractivity contribution in [1.82, 2.24) is 23.9 Å². The van der Waals surface area contributed by atoms with Crippen molar-refractivity contribution < 1.29 is 26.3 Å². The van der Waals surface area contributed by atoms with Gasteiger partial charge in [-0.05, 0) is 43.3 Å². The smallest absolute Gasteiger partial charge is 0.263 e. The average molecular weight is 649 g/mol. The maximum atomic E-state index is 15.8. The van der Waals surface area contributed by atoms with E-state index < -0.39 is 52.5 Å². The number of sulfonamides is 1. The van der Waals surface area contributed by atoms with Crippen LogP contribution < -0.4 is 4.72 Å². The minimum atomic E-state index is -4.37. The van der Waals surface area contributed by atoms with Crippen LogP contribution in [0, 0.1) is 24.5 Å². The number of fused-ring (bicyclic) bond motifs is 1. The van der Waals surface area contributed by atoms with Gasteiger partial charge in [0.05, 0.1) is 27.5 Å². The number of pyridine rings is 2. The second kappa shape index (κ2) is 11.8. The summed E-state index contributed by atoms with van der Waals surface area (Å²) in [5, 5.41) is 0.0540. The predicted molar refractivity (Wildman–Crippen MR) is 161 cm³/mol. The van der Waals surface area contributed by atoms with E-state index in [1.54, 1.807) is 17.0 Å². The molecule has 0 unspecified atom stereocenters. The van der Waals surface area contributed by atoms with E-state index in [1.807, 2.05) is 0 Å². The van der Waals surface area contributed by atoms with Gasteiger partial charge in [0, 0.05) is 38.8 Å². The quantitative estimate of drug-likeness (QED) is 0.102. The number of aromatic nitrogens is 5. The van der Waals surface area contributed by atoms with Crippen molar-refractivity contribution in [2.75, 3.05) is 11.3 Å². The van der Waals surface area contributed by atoms with E-state index in [4.69, 9.17) is 16.3 Å². The number of nitrogens with one attached hydrogen (secondary N) is 1. The second-order valence-electron chi connectivity index (χ2n) is 11.1. The Balaban J connectivity index is 1.48. The summed E-state index contributed by atoms with van der Waals surface area (Å²) in [6.07, 6.45) is 5.75. The van der Waals surface area contributed by atoms with Crippen LogP contribution in [0.15, 0.2) is 60.1 Å². The van der Waals surface area contributed by atoms with E-state index >= 15 is 13.2 Å². The third-order valence-corrected chi connectivity index (χ3v) is 10.1. The van der Waals surface area contributed by atoms with Crippen molar-refractivity contribution in [2.24, 2.45) is 0 Å². The lowest BCUT2D eigenvalue weighted by atomic mass is 10.0. The Morgan fingerprint density at radius 3 is 2.58 bits per heavy atom. The molecule has 0 atom stereocenters. The van der Waals surface area contributed by atoms with Crippen LogP contribution in [0.25, 0.3) is 28.2 Å². The first-order valence-electron chi connectivity index (χ1n) is 13.1. The Morgan fingerprint density at radius 2 is 1.84 bits per heavy atom. The molecule has 0 fully saturated rings. The molecule has 0 bridgehead atoms. The molecule has 0 spiro atoms. The van der Waals surface area contributed by atoms with Crippen molar-refractivity contribution in [3.63, 3.8) is 0 Å². The molecule has 0 amide bonds. The summed E-state index contributed by atoms with van der Waals surface area (Å²) in [5.41, 5.74) is -1.02. The van der Waals surface area contributed by atoms with Crippen LogP contribution in [-0.4, -0.2) is 47.0 Å². The van der Waals surface area contributed by atoms with Gasteiger partial charge in [-0.3, -0.25) is 14.1 Å². The van der Waals surface area contributed by atoms with Gasteiger partial charge in [-0.25, -0.2) is 27.2 Å². The van der Waals surface area contributed by atoms with Crippen LogP contribution >= 0.6 is 11.6 Å². The lowest BCUT2D eigenvalue weighted by Crippen LogP contribution is -2.22. The normalized spacial score (nSPS) is 12.3. The maximum absolute atomic E-state index is 15.8. The third-order valence-electron chi connectivity index (χ3n) is 6.70. The lowest BCUT2D eigenvalue weighted by molar-refractivity contribution is 0.0882. The van der Waals surface area contributed by atoms with Crippen LogP contribution in [0.5, 0.6) is 0 Å². The van der Waals surface area contributed by atoms with Gasteiger partial charge < -0.3 is 9.30 Å². The Labute approximate surface area is 252 Å². The third kappa shape index (κ3) is 6.32. The van der Waals surface area contributed by atoms with E-state index in [-0.39, 0.29) is 22.3 Å². The van der Waals surface area contributed by atoms with Gasteiger partial charge in [-0.15, -0.1) is 0 Å². The van der Waals surface area contributed by atoms with Crippen LogP contribution in [0.2, 0.25) is 30.7 Å². The number of anilines is 1. The number of hydrogen-bond acceptors (Lipinski definition) is 6. The highest BCUT2D eigenvalue weighted by Crippen LogP contribution is 2.35. The molecule has 0 aliphatic carbocycles. The molecular weight excluding hydrogens is 621 g/mol. The molecule has 0 aliphatic heterocycles. The number of nitrogens with zero attached hydrogens (tertiary/aromatic N) is 5. The molecule has 0 radical (unpaired) electrons. The first kappa shape index (κ1) is 30.7. The molecule has 9 nitrogen and oxygen atoms in total. The molecular formula is C28H28ClF3N6O3SSi. The summed E-state index contributed by atoms with van der Waals surface area (Å²) < 4.78 is 83.3. The molecule has 4 heterocycles. The van der Waals surface area contributed by atoms with Crippen molar-refractivity contribution in [3.8, 4) is 22.6 Å². The van der Waals surface area contributed by atoms with Gasteiger partial charge in [0.2, 0.25) is 5.95 Å². The molecule has 4 aromatic heterocycles. The molecule has 43 heavy (non-hydrogen) atoms. The fraction of sp³-hybridized carbons (Fsp3) is 0.250. The number of halogens is 4. The standard InChI is InChI=1S/C28H28ClF3N6O3SSi/c1-17-23(13-18(29)14-34-17)42(39,40)36-21-7-6-20(30)24(25(21)31)19-5-8-22-26(35-15-38(22)27(19)32)28-33-9-10-37(28)16-41-11-12-43(2,3)4/h5-10,13-15,36H,11-12,16H2,1-4H3. The van der Waals surface area contributed by atoms with Crippen molar-refractivity contribution >= 4 is 40.9 Å². The SMILES string of the molecule is Cc1ncc(Cl)cc1S(=O)(=O)Nc1ccc(F)c(-c2ccc3c(-c4nccn4COCC[Si](C)(C)C)ncn3c2F)c1F. The minimum Gasteiger partial charge on any atom is -0.361 e. The summed E-state index contributed by atoms with van der Waals surface area (Å²) >= 11 is 5.90. The van der Waals surface area contributed by atoms with Crippen LogP contribution in [-0.2, 0) is 21.5 Å².